The van der Waals surface area contributed by atoms with Gasteiger partial charge in [0.1, 0.15) is 5.69 Å². The summed E-state index contributed by atoms with van der Waals surface area (Å²) in [5.74, 6) is -0.424. The highest BCUT2D eigenvalue weighted by Gasteiger charge is 2.28. The average Bonchev–Trinajstić information content (AvgIpc) is 2.77. The molecule has 1 aliphatic heterocycles. The predicted octanol–water partition coefficient (Wildman–Crippen LogP) is 0.133. The van der Waals surface area contributed by atoms with Crippen LogP contribution in [0.5, 0.6) is 0 Å². The second-order valence-electron chi connectivity index (χ2n) is 4.82. The van der Waals surface area contributed by atoms with Gasteiger partial charge in [0.05, 0.1) is 31.9 Å². The SMILES string of the molecule is COC(=O)CC1CN(C(=O)c2cc(C)nn2C)CCO1. The Kier molecular flexibility index (Phi) is 4.39. The average molecular weight is 281 g/mol. The van der Waals surface area contributed by atoms with E-state index in [1.807, 2.05) is 6.92 Å². The van der Waals surface area contributed by atoms with Crippen LogP contribution in [0, 0.1) is 6.92 Å². The minimum absolute atomic E-state index is 0.0914. The molecule has 7 nitrogen and oxygen atoms in total. The van der Waals surface area contributed by atoms with Crippen LogP contribution in [0.4, 0.5) is 0 Å². The third kappa shape index (κ3) is 3.16. The molecule has 110 valence electrons. The van der Waals surface area contributed by atoms with Crippen LogP contribution in [0.15, 0.2) is 6.07 Å². The molecule has 1 aliphatic rings. The van der Waals surface area contributed by atoms with Gasteiger partial charge >= 0.3 is 5.97 Å². The molecule has 0 radical (unpaired) electrons. The Balaban J connectivity index is 2.03. The summed E-state index contributed by atoms with van der Waals surface area (Å²) in [7, 11) is 3.08. The van der Waals surface area contributed by atoms with E-state index in [9.17, 15) is 9.59 Å². The van der Waals surface area contributed by atoms with E-state index in [0.717, 1.165) is 5.69 Å². The molecule has 0 bridgehead atoms. The summed E-state index contributed by atoms with van der Waals surface area (Å²) in [5, 5.41) is 4.17. The zero-order valence-corrected chi connectivity index (χ0v) is 12.0. The number of ether oxygens (including phenoxy) is 2. The van der Waals surface area contributed by atoms with Gasteiger partial charge in [0, 0.05) is 20.1 Å². The van der Waals surface area contributed by atoms with Crippen LogP contribution in [0.2, 0.25) is 0 Å². The topological polar surface area (TPSA) is 73.7 Å². The monoisotopic (exact) mass is 281 g/mol. The van der Waals surface area contributed by atoms with Crippen molar-refractivity contribution in [3.63, 3.8) is 0 Å². The zero-order valence-electron chi connectivity index (χ0n) is 12.0. The first-order valence-electron chi connectivity index (χ1n) is 6.49. The number of methoxy groups -OCH3 is 1. The van der Waals surface area contributed by atoms with Gasteiger partial charge in [0.25, 0.3) is 5.91 Å². The van der Waals surface area contributed by atoms with E-state index in [1.54, 1.807) is 22.7 Å². The molecule has 2 rings (SSSR count). The lowest BCUT2D eigenvalue weighted by molar-refractivity contribution is -0.145. The van der Waals surface area contributed by atoms with E-state index >= 15 is 0 Å². The number of hydrogen-bond acceptors (Lipinski definition) is 5. The van der Waals surface area contributed by atoms with E-state index in [2.05, 4.69) is 9.84 Å². The van der Waals surface area contributed by atoms with E-state index in [-0.39, 0.29) is 24.4 Å². The van der Waals surface area contributed by atoms with Crippen molar-refractivity contribution in [2.75, 3.05) is 26.8 Å². The molecule has 20 heavy (non-hydrogen) atoms. The molecular weight excluding hydrogens is 262 g/mol. The highest BCUT2D eigenvalue weighted by atomic mass is 16.5. The maximum atomic E-state index is 12.4. The number of amides is 1. The van der Waals surface area contributed by atoms with E-state index in [1.165, 1.54) is 7.11 Å². The molecule has 2 heterocycles. The second-order valence-corrected chi connectivity index (χ2v) is 4.82. The molecule has 1 atom stereocenters. The van der Waals surface area contributed by atoms with Crippen LogP contribution in [0.3, 0.4) is 0 Å². The van der Waals surface area contributed by atoms with E-state index < -0.39 is 0 Å². The number of carbonyl (C=O) groups excluding carboxylic acids is 2. The maximum Gasteiger partial charge on any atom is 0.308 e. The quantitative estimate of drug-likeness (QED) is 0.736. The third-order valence-corrected chi connectivity index (χ3v) is 3.27. The Bertz CT molecular complexity index is 512. The summed E-state index contributed by atoms with van der Waals surface area (Å²) in [6, 6.07) is 1.76. The van der Waals surface area contributed by atoms with Gasteiger partial charge in [-0.05, 0) is 13.0 Å². The van der Waals surface area contributed by atoms with Gasteiger partial charge in [-0.25, -0.2) is 0 Å². The fraction of sp³-hybridized carbons (Fsp3) is 0.615. The lowest BCUT2D eigenvalue weighted by Crippen LogP contribution is -2.46. The molecule has 1 unspecified atom stereocenters. The molecule has 1 aromatic rings. The number of hydrogen-bond donors (Lipinski definition) is 0. The molecule has 0 saturated carbocycles. The largest absolute Gasteiger partial charge is 0.469 e. The molecule has 1 saturated heterocycles. The first kappa shape index (κ1) is 14.5. The molecule has 1 fully saturated rings. The van der Waals surface area contributed by atoms with E-state index in [4.69, 9.17) is 4.74 Å². The number of rotatable bonds is 3. The number of carbonyl (C=O) groups is 2. The standard InChI is InChI=1S/C13H19N3O4/c1-9-6-11(15(2)14-9)13(18)16-4-5-20-10(8-16)7-12(17)19-3/h6,10H,4-5,7-8H2,1-3H3. The lowest BCUT2D eigenvalue weighted by atomic mass is 10.2. The van der Waals surface area contributed by atoms with Crippen LogP contribution >= 0.6 is 0 Å². The van der Waals surface area contributed by atoms with Gasteiger partial charge < -0.3 is 14.4 Å². The van der Waals surface area contributed by atoms with Gasteiger partial charge in [-0.3, -0.25) is 14.3 Å². The Labute approximate surface area is 117 Å². The summed E-state index contributed by atoms with van der Waals surface area (Å²) in [6.07, 6.45) is -0.153. The normalized spacial score (nSPS) is 18.9. The van der Waals surface area contributed by atoms with Gasteiger partial charge in [0.15, 0.2) is 0 Å². The predicted molar refractivity (Wildman–Crippen MR) is 70.2 cm³/mol. The minimum Gasteiger partial charge on any atom is -0.469 e. The summed E-state index contributed by atoms with van der Waals surface area (Å²) >= 11 is 0. The number of esters is 1. The highest BCUT2D eigenvalue weighted by molar-refractivity contribution is 5.92. The second kappa shape index (κ2) is 6.04. The number of morpholine rings is 1. The molecule has 7 heteroatoms. The van der Waals surface area contributed by atoms with Crippen molar-refractivity contribution in [2.45, 2.75) is 19.4 Å². The molecule has 0 aliphatic carbocycles. The van der Waals surface area contributed by atoms with Crippen LogP contribution in [-0.2, 0) is 21.3 Å². The fourth-order valence-electron chi connectivity index (χ4n) is 2.27. The maximum absolute atomic E-state index is 12.4. The number of aromatic nitrogens is 2. The Morgan fingerprint density at radius 3 is 2.90 bits per heavy atom. The fourth-order valence-corrected chi connectivity index (χ4v) is 2.27. The summed E-state index contributed by atoms with van der Waals surface area (Å²) < 4.78 is 11.7. The summed E-state index contributed by atoms with van der Waals surface area (Å²) in [4.78, 5) is 25.4. The van der Waals surface area contributed by atoms with Gasteiger partial charge in [-0.1, -0.05) is 0 Å². The van der Waals surface area contributed by atoms with Crippen LogP contribution in [0.25, 0.3) is 0 Å². The van der Waals surface area contributed by atoms with Crippen molar-refractivity contribution in [1.29, 1.82) is 0 Å². The Hall–Kier alpha value is -1.89. The van der Waals surface area contributed by atoms with Crippen molar-refractivity contribution in [3.05, 3.63) is 17.5 Å². The number of aryl methyl sites for hydroxylation is 2. The number of nitrogens with zero attached hydrogens (tertiary/aromatic N) is 3. The first-order valence-corrected chi connectivity index (χ1v) is 6.49. The van der Waals surface area contributed by atoms with Crippen molar-refractivity contribution in [1.82, 2.24) is 14.7 Å². The zero-order chi connectivity index (χ0) is 14.7. The van der Waals surface area contributed by atoms with Crippen molar-refractivity contribution in [3.8, 4) is 0 Å². The van der Waals surface area contributed by atoms with Crippen molar-refractivity contribution < 1.29 is 19.1 Å². The molecule has 0 spiro atoms. The Morgan fingerprint density at radius 1 is 1.55 bits per heavy atom. The lowest BCUT2D eigenvalue weighted by Gasteiger charge is -2.32. The molecule has 1 amide bonds. The molecule has 0 aromatic carbocycles. The van der Waals surface area contributed by atoms with E-state index in [0.29, 0.717) is 25.4 Å². The summed E-state index contributed by atoms with van der Waals surface area (Å²) in [6.45, 7) is 3.17. The third-order valence-electron chi connectivity index (χ3n) is 3.27. The smallest absolute Gasteiger partial charge is 0.308 e. The van der Waals surface area contributed by atoms with Crippen LogP contribution in [-0.4, -0.2) is 59.5 Å². The van der Waals surface area contributed by atoms with Gasteiger partial charge in [0.2, 0.25) is 0 Å². The van der Waals surface area contributed by atoms with Gasteiger partial charge in [-0.15, -0.1) is 0 Å². The van der Waals surface area contributed by atoms with Crippen molar-refractivity contribution in [2.24, 2.45) is 7.05 Å². The van der Waals surface area contributed by atoms with Crippen molar-refractivity contribution >= 4 is 11.9 Å². The molecular formula is C13H19N3O4. The highest BCUT2D eigenvalue weighted by Crippen LogP contribution is 2.13. The minimum atomic E-state index is -0.333. The first-order chi connectivity index (χ1) is 9.51. The van der Waals surface area contributed by atoms with Crippen LogP contribution < -0.4 is 0 Å². The summed E-state index contributed by atoms with van der Waals surface area (Å²) in [5.41, 5.74) is 1.34. The Morgan fingerprint density at radius 2 is 2.30 bits per heavy atom. The molecule has 0 N–H and O–H groups in total. The van der Waals surface area contributed by atoms with Gasteiger partial charge in [-0.2, -0.15) is 5.10 Å². The molecule has 1 aromatic heterocycles. The van der Waals surface area contributed by atoms with Crippen LogP contribution in [0.1, 0.15) is 22.6 Å².